The van der Waals surface area contributed by atoms with Gasteiger partial charge in [-0.25, -0.2) is 17.7 Å². The minimum absolute atomic E-state index is 0. The molecule has 0 radical (unpaired) electrons. The van der Waals surface area contributed by atoms with Crippen molar-refractivity contribution >= 4 is 78.8 Å². The Morgan fingerprint density at radius 2 is 1.57 bits per heavy atom. The van der Waals surface area contributed by atoms with Crippen molar-refractivity contribution in [3.8, 4) is 0 Å². The molecule has 1 atom stereocenters. The fraction of sp³-hybridized carbons (Fsp3) is 0.222. The van der Waals surface area contributed by atoms with Crippen LogP contribution in [0.2, 0.25) is 0 Å². The summed E-state index contributed by atoms with van der Waals surface area (Å²) in [4.78, 5) is 29.0. The fourth-order valence-electron chi connectivity index (χ4n) is 3.99. The summed E-state index contributed by atoms with van der Waals surface area (Å²) in [5.74, 6) is -1.04. The summed E-state index contributed by atoms with van der Waals surface area (Å²) in [7, 11) is -3.79. The third-order valence-electron chi connectivity index (χ3n) is 5.94. The highest BCUT2D eigenvalue weighted by atomic mass is 35.5. The monoisotopic (exact) mass is 540 g/mol. The molecule has 0 aliphatic rings. The molecule has 2 amide bonds. The van der Waals surface area contributed by atoms with Crippen molar-refractivity contribution in [2.75, 3.05) is 21.2 Å². The van der Waals surface area contributed by atoms with E-state index < -0.39 is 21.8 Å². The number of sulfonamides is 1. The number of hydrogen-bond donors (Lipinski definition) is 2. The standard InChI is InChI=1S/C27H28N4O4S.ClH/c1-5-17(2)27(33)31(36(4,34)35)21-13-10-19(11-14-21)29-26-22-8-6-7-9-24(22)30-25-16-20(28-18(3)32)12-15-23(25)26;/h6-17H,5H2,1-4H3,(H,28,32)(H,29,30);1H. The van der Waals surface area contributed by atoms with E-state index >= 15 is 0 Å². The quantitative estimate of drug-likeness (QED) is 0.285. The number of benzene rings is 3. The van der Waals surface area contributed by atoms with Crippen molar-refractivity contribution in [2.45, 2.75) is 27.2 Å². The van der Waals surface area contributed by atoms with Gasteiger partial charge in [-0.05, 0) is 55.0 Å². The van der Waals surface area contributed by atoms with Crippen LogP contribution in [-0.2, 0) is 19.6 Å². The van der Waals surface area contributed by atoms with E-state index in [0.29, 0.717) is 23.3 Å². The molecule has 194 valence electrons. The maximum Gasteiger partial charge on any atom is 0.243 e. The largest absolute Gasteiger partial charge is 0.354 e. The van der Waals surface area contributed by atoms with Crippen LogP contribution in [0.25, 0.3) is 21.8 Å². The molecule has 0 aliphatic heterocycles. The number of pyridine rings is 1. The molecule has 37 heavy (non-hydrogen) atoms. The normalized spacial score (nSPS) is 12.0. The summed E-state index contributed by atoms with van der Waals surface area (Å²) in [6.45, 7) is 5.02. The second kappa shape index (κ2) is 11.1. The highest BCUT2D eigenvalue weighted by molar-refractivity contribution is 7.92. The molecule has 4 rings (SSSR count). The number of hydrogen-bond acceptors (Lipinski definition) is 6. The lowest BCUT2D eigenvalue weighted by molar-refractivity contribution is -0.120. The first-order valence-electron chi connectivity index (χ1n) is 11.6. The van der Waals surface area contributed by atoms with E-state index in [0.717, 1.165) is 32.5 Å². The number of para-hydroxylation sites is 1. The van der Waals surface area contributed by atoms with Crippen LogP contribution in [0.4, 0.5) is 22.7 Å². The molecule has 0 spiro atoms. The number of aromatic nitrogens is 1. The molecule has 0 saturated carbocycles. The van der Waals surface area contributed by atoms with Crippen LogP contribution in [0.5, 0.6) is 0 Å². The molecule has 1 unspecified atom stereocenters. The Hall–Kier alpha value is -3.69. The van der Waals surface area contributed by atoms with Crippen molar-refractivity contribution < 1.29 is 18.0 Å². The molecule has 1 aromatic heterocycles. The van der Waals surface area contributed by atoms with Gasteiger partial charge in [0.2, 0.25) is 21.8 Å². The number of rotatable bonds is 7. The average molecular weight is 541 g/mol. The molecule has 0 bridgehead atoms. The summed E-state index contributed by atoms with van der Waals surface area (Å²) in [6, 6.07) is 20.0. The molecular formula is C27H29ClN4O4S. The van der Waals surface area contributed by atoms with Gasteiger partial charge in [0.1, 0.15) is 0 Å². The minimum atomic E-state index is -3.79. The molecular weight excluding hydrogens is 512 g/mol. The number of amides is 2. The average Bonchev–Trinajstić information content (AvgIpc) is 2.83. The summed E-state index contributed by atoms with van der Waals surface area (Å²) in [5, 5.41) is 7.99. The van der Waals surface area contributed by atoms with E-state index in [2.05, 4.69) is 10.6 Å². The van der Waals surface area contributed by atoms with Gasteiger partial charge < -0.3 is 10.6 Å². The molecule has 2 N–H and O–H groups in total. The van der Waals surface area contributed by atoms with Crippen molar-refractivity contribution in [1.82, 2.24) is 4.98 Å². The molecule has 1 heterocycles. The van der Waals surface area contributed by atoms with Gasteiger partial charge in [-0.3, -0.25) is 9.59 Å². The second-order valence-corrected chi connectivity index (χ2v) is 10.6. The number of anilines is 4. The number of halogens is 1. The molecule has 0 fully saturated rings. The van der Waals surface area contributed by atoms with Crippen LogP contribution in [0.3, 0.4) is 0 Å². The van der Waals surface area contributed by atoms with Gasteiger partial charge in [-0.15, -0.1) is 12.4 Å². The lowest BCUT2D eigenvalue weighted by Crippen LogP contribution is -2.39. The lowest BCUT2D eigenvalue weighted by atomic mass is 10.1. The Bertz CT molecular complexity index is 1570. The third kappa shape index (κ3) is 6.00. The molecule has 8 nitrogen and oxygen atoms in total. The summed E-state index contributed by atoms with van der Waals surface area (Å²) in [6.07, 6.45) is 1.57. The minimum Gasteiger partial charge on any atom is -0.354 e. The number of nitrogens with one attached hydrogen (secondary N) is 2. The van der Waals surface area contributed by atoms with E-state index in [1.54, 1.807) is 31.2 Å². The first-order chi connectivity index (χ1) is 17.1. The Morgan fingerprint density at radius 1 is 0.946 bits per heavy atom. The van der Waals surface area contributed by atoms with Gasteiger partial charge in [0, 0.05) is 35.0 Å². The first-order valence-corrected chi connectivity index (χ1v) is 13.4. The van der Waals surface area contributed by atoms with Gasteiger partial charge in [-0.2, -0.15) is 0 Å². The predicted octanol–water partition coefficient (Wildman–Crippen LogP) is 5.85. The maximum absolute atomic E-state index is 12.8. The lowest BCUT2D eigenvalue weighted by Gasteiger charge is -2.23. The van der Waals surface area contributed by atoms with E-state index in [1.807, 2.05) is 49.4 Å². The van der Waals surface area contributed by atoms with Crippen molar-refractivity contribution in [2.24, 2.45) is 5.92 Å². The summed E-state index contributed by atoms with van der Waals surface area (Å²) >= 11 is 0. The van der Waals surface area contributed by atoms with Gasteiger partial charge in [0.25, 0.3) is 0 Å². The van der Waals surface area contributed by atoms with Crippen molar-refractivity contribution in [3.63, 3.8) is 0 Å². The van der Waals surface area contributed by atoms with Crippen LogP contribution in [0.15, 0.2) is 66.7 Å². The Labute approximate surface area is 222 Å². The van der Waals surface area contributed by atoms with Gasteiger partial charge in [-0.1, -0.05) is 32.0 Å². The zero-order valence-electron chi connectivity index (χ0n) is 21.0. The van der Waals surface area contributed by atoms with Crippen molar-refractivity contribution in [3.05, 3.63) is 66.7 Å². The number of carbonyl (C=O) groups excluding carboxylic acids is 2. The zero-order chi connectivity index (χ0) is 26.0. The van der Waals surface area contributed by atoms with Crippen LogP contribution in [0, 0.1) is 5.92 Å². The van der Waals surface area contributed by atoms with Crippen LogP contribution in [-0.4, -0.2) is 31.5 Å². The Balaban J connectivity index is 0.00000380. The Morgan fingerprint density at radius 3 is 2.19 bits per heavy atom. The molecule has 10 heteroatoms. The van der Waals surface area contributed by atoms with E-state index in [9.17, 15) is 18.0 Å². The second-order valence-electron chi connectivity index (χ2n) is 8.76. The highest BCUT2D eigenvalue weighted by Gasteiger charge is 2.28. The third-order valence-corrected chi connectivity index (χ3v) is 6.99. The van der Waals surface area contributed by atoms with Gasteiger partial charge in [0.05, 0.1) is 28.7 Å². The summed E-state index contributed by atoms with van der Waals surface area (Å²) < 4.78 is 25.7. The smallest absolute Gasteiger partial charge is 0.243 e. The number of nitrogens with zero attached hydrogens (tertiary/aromatic N) is 2. The number of carbonyl (C=O) groups is 2. The van der Waals surface area contributed by atoms with E-state index in [1.165, 1.54) is 6.92 Å². The molecule has 0 aliphatic carbocycles. The highest BCUT2D eigenvalue weighted by Crippen LogP contribution is 2.35. The first kappa shape index (κ1) is 27.9. The Kier molecular flexibility index (Phi) is 8.40. The van der Waals surface area contributed by atoms with Crippen LogP contribution < -0.4 is 14.9 Å². The van der Waals surface area contributed by atoms with E-state index in [-0.39, 0.29) is 24.0 Å². The van der Waals surface area contributed by atoms with E-state index in [4.69, 9.17) is 4.98 Å². The molecule has 4 aromatic rings. The topological polar surface area (TPSA) is 108 Å². The zero-order valence-corrected chi connectivity index (χ0v) is 22.6. The van der Waals surface area contributed by atoms with Crippen molar-refractivity contribution in [1.29, 1.82) is 0 Å². The van der Waals surface area contributed by atoms with Crippen LogP contribution in [0.1, 0.15) is 27.2 Å². The summed E-state index contributed by atoms with van der Waals surface area (Å²) in [5.41, 5.74) is 3.98. The van der Waals surface area contributed by atoms with Crippen LogP contribution >= 0.6 is 12.4 Å². The predicted molar refractivity (Wildman–Crippen MR) is 152 cm³/mol. The molecule has 0 saturated heterocycles. The maximum atomic E-state index is 12.8. The van der Waals surface area contributed by atoms with Gasteiger partial charge in [0.15, 0.2) is 0 Å². The fourth-order valence-corrected chi connectivity index (χ4v) is 5.00. The van der Waals surface area contributed by atoms with Gasteiger partial charge >= 0.3 is 0 Å². The molecule has 3 aromatic carbocycles. The number of fused-ring (bicyclic) bond motifs is 2. The SMILES string of the molecule is CCC(C)C(=O)N(c1ccc(Nc2c3ccccc3nc3cc(NC(C)=O)ccc23)cc1)S(C)(=O)=O.Cl.